The minimum atomic E-state index is -0.485. The zero-order chi connectivity index (χ0) is 15.7. The van der Waals surface area contributed by atoms with Gasteiger partial charge in [-0.3, -0.25) is 5.32 Å². The fourth-order valence-electron chi connectivity index (χ4n) is 2.88. The van der Waals surface area contributed by atoms with Gasteiger partial charge in [0.05, 0.1) is 6.07 Å². The molecule has 2 aromatic rings. The molecule has 1 N–H and O–H groups in total. The summed E-state index contributed by atoms with van der Waals surface area (Å²) in [7, 11) is 0. The summed E-state index contributed by atoms with van der Waals surface area (Å²) in [6, 6.07) is 14.5. The molecule has 0 saturated carbocycles. The zero-order valence-corrected chi connectivity index (χ0v) is 13.1. The van der Waals surface area contributed by atoms with Crippen molar-refractivity contribution in [2.45, 2.75) is 18.0 Å². The van der Waals surface area contributed by atoms with Crippen molar-refractivity contribution in [3.8, 4) is 17.2 Å². The second-order valence-electron chi connectivity index (χ2n) is 5.28. The largest absolute Gasteiger partial charge is 0.295 e. The third-order valence-electron chi connectivity index (χ3n) is 4.04. The highest BCUT2D eigenvalue weighted by molar-refractivity contribution is 6.39. The number of nitrogens with one attached hydrogen (secondary N) is 1. The van der Waals surface area contributed by atoms with Crippen molar-refractivity contribution in [2.75, 3.05) is 6.67 Å². The third-order valence-corrected chi connectivity index (χ3v) is 4.67. The lowest BCUT2D eigenvalue weighted by atomic mass is 9.78. The predicted octanol–water partition coefficient (Wildman–Crippen LogP) is 4.58. The van der Waals surface area contributed by atoms with Gasteiger partial charge in [0.25, 0.3) is 0 Å². The molecule has 3 atom stereocenters. The normalized spacial score (nSPS) is 23.6. The highest BCUT2D eigenvalue weighted by Gasteiger charge is 2.41. The van der Waals surface area contributed by atoms with Gasteiger partial charge in [0.1, 0.15) is 12.7 Å². The summed E-state index contributed by atoms with van der Waals surface area (Å²) in [5, 5.41) is 13.2. The van der Waals surface area contributed by atoms with Crippen LogP contribution in [0.1, 0.15) is 11.5 Å². The predicted molar refractivity (Wildman–Crippen MR) is 86.9 cm³/mol. The quantitative estimate of drug-likeness (QED) is 0.891. The van der Waals surface area contributed by atoms with Gasteiger partial charge in [-0.1, -0.05) is 53.5 Å². The Morgan fingerprint density at radius 1 is 1.09 bits per heavy atom. The molecule has 1 saturated heterocycles. The van der Waals surface area contributed by atoms with E-state index in [4.69, 9.17) is 28.5 Å². The first-order valence-electron chi connectivity index (χ1n) is 6.91. The van der Waals surface area contributed by atoms with Gasteiger partial charge in [-0.05, 0) is 23.3 Å². The summed E-state index contributed by atoms with van der Waals surface area (Å²) in [6.45, 7) is -0.485. The summed E-state index contributed by atoms with van der Waals surface area (Å²) in [5.74, 6) is -0.120. The van der Waals surface area contributed by atoms with Crippen LogP contribution in [-0.2, 0) is 0 Å². The molecule has 112 valence electrons. The van der Waals surface area contributed by atoms with Gasteiger partial charge in [-0.2, -0.15) is 5.26 Å². The average molecular weight is 335 g/mol. The monoisotopic (exact) mass is 334 g/mol. The Balaban J connectivity index is 1.92. The maximum Gasteiger partial charge on any atom is 0.105 e. The van der Waals surface area contributed by atoms with Crippen molar-refractivity contribution in [3.05, 3.63) is 58.1 Å². The van der Waals surface area contributed by atoms with Crippen molar-refractivity contribution in [3.63, 3.8) is 0 Å². The molecule has 1 heterocycles. The van der Waals surface area contributed by atoms with Gasteiger partial charge < -0.3 is 0 Å². The number of nitriles is 1. The van der Waals surface area contributed by atoms with Crippen molar-refractivity contribution >= 4 is 23.2 Å². The summed E-state index contributed by atoms with van der Waals surface area (Å²) in [5.41, 5.74) is 2.62. The topological polar surface area (TPSA) is 35.8 Å². The van der Waals surface area contributed by atoms with E-state index in [1.165, 1.54) is 0 Å². The molecule has 0 aliphatic carbocycles. The van der Waals surface area contributed by atoms with Crippen LogP contribution in [0.3, 0.4) is 0 Å². The molecule has 0 aromatic heterocycles. The molecule has 2 nitrogen and oxygen atoms in total. The van der Waals surface area contributed by atoms with Crippen molar-refractivity contribution in [2.24, 2.45) is 0 Å². The van der Waals surface area contributed by atoms with E-state index in [2.05, 4.69) is 11.4 Å². The van der Waals surface area contributed by atoms with E-state index >= 15 is 0 Å². The fourth-order valence-corrected chi connectivity index (χ4v) is 3.50. The standard InChI is InChI=1S/C17H13Cl2FN2/c18-12-2-1-3-13(19)16(12)10-4-6-11(7-5-10)17-14(8-20)22-15(17)9-21/h1-7,14-15,17,22H,8H2/t14-,15-,17+/m0/s1. The molecule has 0 radical (unpaired) electrons. The fraction of sp³-hybridized carbons (Fsp3) is 0.235. The SMILES string of the molecule is N#C[C@@H]1N[C@@H](CF)[C@H]1c1ccc(-c2c(Cl)cccc2Cl)cc1. The van der Waals surface area contributed by atoms with Crippen molar-refractivity contribution < 1.29 is 4.39 Å². The Bertz CT molecular complexity index is 704. The number of benzene rings is 2. The lowest BCUT2D eigenvalue weighted by Crippen LogP contribution is -2.59. The molecular weight excluding hydrogens is 322 g/mol. The smallest absolute Gasteiger partial charge is 0.105 e. The molecule has 0 bridgehead atoms. The van der Waals surface area contributed by atoms with Crippen LogP contribution in [0.2, 0.25) is 10.0 Å². The van der Waals surface area contributed by atoms with Gasteiger partial charge >= 0.3 is 0 Å². The van der Waals surface area contributed by atoms with Crippen LogP contribution in [0, 0.1) is 11.3 Å². The third kappa shape index (κ3) is 2.59. The summed E-state index contributed by atoms with van der Waals surface area (Å²) < 4.78 is 12.9. The number of nitrogens with zero attached hydrogens (tertiary/aromatic N) is 1. The van der Waals surface area contributed by atoms with E-state index in [0.717, 1.165) is 16.7 Å². The number of hydrogen-bond donors (Lipinski definition) is 1. The van der Waals surface area contributed by atoms with E-state index < -0.39 is 6.67 Å². The van der Waals surface area contributed by atoms with Crippen molar-refractivity contribution in [1.82, 2.24) is 5.32 Å². The van der Waals surface area contributed by atoms with Crippen LogP contribution < -0.4 is 5.32 Å². The lowest BCUT2D eigenvalue weighted by Gasteiger charge is -2.41. The molecule has 0 spiro atoms. The molecule has 3 rings (SSSR count). The molecular formula is C17H13Cl2FN2. The van der Waals surface area contributed by atoms with E-state index in [9.17, 15) is 4.39 Å². The summed E-state index contributed by atoms with van der Waals surface area (Å²) in [4.78, 5) is 0. The zero-order valence-electron chi connectivity index (χ0n) is 11.6. The van der Waals surface area contributed by atoms with Crippen LogP contribution in [0.15, 0.2) is 42.5 Å². The highest BCUT2D eigenvalue weighted by atomic mass is 35.5. The highest BCUT2D eigenvalue weighted by Crippen LogP contribution is 2.37. The van der Waals surface area contributed by atoms with Crippen LogP contribution in [0.5, 0.6) is 0 Å². The summed E-state index contributed by atoms with van der Waals surface area (Å²) in [6.07, 6.45) is 0. The first-order valence-corrected chi connectivity index (χ1v) is 7.67. The number of rotatable bonds is 3. The van der Waals surface area contributed by atoms with Crippen LogP contribution in [0.25, 0.3) is 11.1 Å². The number of hydrogen-bond acceptors (Lipinski definition) is 2. The van der Waals surface area contributed by atoms with Gasteiger partial charge in [0.15, 0.2) is 0 Å². The molecule has 0 amide bonds. The molecule has 2 aromatic carbocycles. The summed E-state index contributed by atoms with van der Waals surface area (Å²) >= 11 is 12.4. The maximum atomic E-state index is 12.9. The van der Waals surface area contributed by atoms with Crippen molar-refractivity contribution in [1.29, 1.82) is 5.26 Å². The Kier molecular flexibility index (Phi) is 4.35. The second-order valence-corrected chi connectivity index (χ2v) is 6.09. The molecule has 5 heteroatoms. The van der Waals surface area contributed by atoms with E-state index in [0.29, 0.717) is 10.0 Å². The number of halogens is 3. The minimum absolute atomic E-state index is 0.120. The maximum absolute atomic E-state index is 12.9. The van der Waals surface area contributed by atoms with Gasteiger partial charge in [0, 0.05) is 27.6 Å². The molecule has 0 unspecified atom stereocenters. The van der Waals surface area contributed by atoms with Gasteiger partial charge in [0.2, 0.25) is 0 Å². The first-order chi connectivity index (χ1) is 10.7. The Hall–Kier alpha value is -1.60. The number of alkyl halides is 1. The Morgan fingerprint density at radius 2 is 1.73 bits per heavy atom. The minimum Gasteiger partial charge on any atom is -0.295 e. The average Bonchev–Trinajstić information content (AvgIpc) is 2.48. The lowest BCUT2D eigenvalue weighted by molar-refractivity contribution is 0.210. The van der Waals surface area contributed by atoms with E-state index in [1.54, 1.807) is 18.2 Å². The van der Waals surface area contributed by atoms with Crippen LogP contribution in [0.4, 0.5) is 4.39 Å². The first kappa shape index (κ1) is 15.3. The van der Waals surface area contributed by atoms with Gasteiger partial charge in [-0.15, -0.1) is 0 Å². The van der Waals surface area contributed by atoms with Crippen LogP contribution in [-0.4, -0.2) is 18.8 Å². The Morgan fingerprint density at radius 3 is 2.27 bits per heavy atom. The van der Waals surface area contributed by atoms with Gasteiger partial charge in [-0.25, -0.2) is 4.39 Å². The molecule has 1 fully saturated rings. The molecule has 1 aliphatic rings. The van der Waals surface area contributed by atoms with E-state index in [-0.39, 0.29) is 18.0 Å². The Labute approximate surface area is 138 Å². The molecule has 1 aliphatic heterocycles. The van der Waals surface area contributed by atoms with E-state index in [1.807, 2.05) is 24.3 Å². The van der Waals surface area contributed by atoms with Crippen LogP contribution >= 0.6 is 23.2 Å². The second kappa shape index (κ2) is 6.26. The molecule has 22 heavy (non-hydrogen) atoms.